The van der Waals surface area contributed by atoms with Gasteiger partial charge in [0.1, 0.15) is 10.6 Å². The second kappa shape index (κ2) is 8.42. The first-order chi connectivity index (χ1) is 13.7. The molecule has 160 valence electrons. The molecule has 29 heavy (non-hydrogen) atoms. The molecule has 1 fully saturated rings. The van der Waals surface area contributed by atoms with Crippen LogP contribution in [0, 0.1) is 13.8 Å². The summed E-state index contributed by atoms with van der Waals surface area (Å²) in [6.45, 7) is 6.33. The van der Waals surface area contributed by atoms with Gasteiger partial charge in [0.15, 0.2) is 0 Å². The normalized spacial score (nSPS) is 17.2. The Morgan fingerprint density at radius 1 is 0.966 bits per heavy atom. The van der Waals surface area contributed by atoms with E-state index < -0.39 is 20.0 Å². The Labute approximate surface area is 171 Å². The largest absolute Gasteiger partial charge is 0.494 e. The molecule has 1 aromatic heterocycles. The summed E-state index contributed by atoms with van der Waals surface area (Å²) in [7, 11) is -7.47. The number of sulfonamides is 2. The zero-order chi connectivity index (χ0) is 21.2. The zero-order valence-electron chi connectivity index (χ0n) is 16.8. The van der Waals surface area contributed by atoms with Crippen LogP contribution in [-0.4, -0.2) is 68.4 Å². The summed E-state index contributed by atoms with van der Waals surface area (Å²) in [4.78, 5) is 0.333. The molecule has 0 bridgehead atoms. The molecule has 1 aliphatic rings. The van der Waals surface area contributed by atoms with Gasteiger partial charge in [0.2, 0.25) is 20.0 Å². The van der Waals surface area contributed by atoms with E-state index in [1.165, 1.54) is 20.7 Å². The van der Waals surface area contributed by atoms with Crippen LogP contribution in [0.3, 0.4) is 0 Å². The molecule has 1 N–H and O–H groups in total. The van der Waals surface area contributed by atoms with Gasteiger partial charge in [-0.1, -0.05) is 0 Å². The van der Waals surface area contributed by atoms with Crippen molar-refractivity contribution in [2.45, 2.75) is 37.0 Å². The lowest BCUT2D eigenvalue weighted by molar-refractivity contribution is 0.340. The van der Waals surface area contributed by atoms with Crippen LogP contribution in [0.2, 0.25) is 0 Å². The van der Waals surface area contributed by atoms with Gasteiger partial charge in [0.25, 0.3) is 0 Å². The Hall–Kier alpha value is -1.95. The first-order valence-electron chi connectivity index (χ1n) is 9.42. The maximum Gasteiger partial charge on any atom is 0.246 e. The molecule has 2 aromatic rings. The number of nitrogens with one attached hydrogen (secondary N) is 1. The van der Waals surface area contributed by atoms with Crippen molar-refractivity contribution >= 4 is 20.0 Å². The molecular weight excluding hydrogens is 416 g/mol. The van der Waals surface area contributed by atoms with E-state index >= 15 is 0 Å². The van der Waals surface area contributed by atoms with Crippen LogP contribution in [-0.2, 0) is 20.0 Å². The monoisotopic (exact) mass is 442 g/mol. The van der Waals surface area contributed by atoms with E-state index in [1.807, 2.05) is 6.92 Å². The van der Waals surface area contributed by atoms with Gasteiger partial charge in [0.05, 0.1) is 22.9 Å². The predicted molar refractivity (Wildman–Crippen MR) is 108 cm³/mol. The van der Waals surface area contributed by atoms with Crippen molar-refractivity contribution in [2.75, 3.05) is 32.8 Å². The predicted octanol–water partition coefficient (Wildman–Crippen LogP) is 1.51. The summed E-state index contributed by atoms with van der Waals surface area (Å²) in [5.41, 5.74) is 0.885. The first-order valence-corrected chi connectivity index (χ1v) is 12.3. The minimum atomic E-state index is -3.75. The summed E-state index contributed by atoms with van der Waals surface area (Å²) in [6.07, 6.45) is 0.408. The van der Waals surface area contributed by atoms with Gasteiger partial charge < -0.3 is 4.74 Å². The fourth-order valence-corrected chi connectivity index (χ4v) is 6.70. The van der Waals surface area contributed by atoms with Crippen molar-refractivity contribution in [3.05, 3.63) is 35.7 Å². The quantitative estimate of drug-likeness (QED) is 0.726. The van der Waals surface area contributed by atoms with Gasteiger partial charge >= 0.3 is 0 Å². The average Bonchev–Trinajstić information content (AvgIpc) is 2.87. The van der Waals surface area contributed by atoms with Crippen LogP contribution >= 0.6 is 0 Å². The van der Waals surface area contributed by atoms with E-state index in [2.05, 4.69) is 10.2 Å². The van der Waals surface area contributed by atoms with Crippen molar-refractivity contribution in [1.29, 1.82) is 0 Å². The van der Waals surface area contributed by atoms with Crippen LogP contribution in [0.25, 0.3) is 0 Å². The molecule has 0 spiro atoms. The second-order valence-corrected chi connectivity index (χ2v) is 10.6. The smallest absolute Gasteiger partial charge is 0.246 e. The van der Waals surface area contributed by atoms with E-state index in [1.54, 1.807) is 26.0 Å². The standard InChI is InChI=1S/C18H26N4O5S2/c1-4-27-16-6-8-17(9-7-16)28(23,24)21-10-5-11-22(13-12-21)29(25,26)18-14(2)19-20-15(18)3/h6-9H,4-5,10-13H2,1-3H3,(H,19,20). The lowest BCUT2D eigenvalue weighted by atomic mass is 10.3. The highest BCUT2D eigenvalue weighted by atomic mass is 32.2. The summed E-state index contributed by atoms with van der Waals surface area (Å²) < 4.78 is 60.1. The zero-order valence-corrected chi connectivity index (χ0v) is 18.4. The number of ether oxygens (including phenoxy) is 1. The Bertz CT molecular complexity index is 1040. The highest BCUT2D eigenvalue weighted by Gasteiger charge is 2.34. The summed E-state index contributed by atoms with van der Waals surface area (Å²) in [5, 5.41) is 6.66. The maximum absolute atomic E-state index is 13.1. The molecule has 9 nitrogen and oxygen atoms in total. The molecule has 0 radical (unpaired) electrons. The second-order valence-electron chi connectivity index (χ2n) is 6.83. The van der Waals surface area contributed by atoms with Gasteiger partial charge in [-0.25, -0.2) is 16.8 Å². The van der Waals surface area contributed by atoms with Crippen molar-refractivity contribution in [3.63, 3.8) is 0 Å². The number of aromatic nitrogens is 2. The van der Waals surface area contributed by atoms with E-state index in [4.69, 9.17) is 4.74 Å². The third-order valence-corrected chi connectivity index (χ3v) is 8.92. The van der Waals surface area contributed by atoms with Crippen molar-refractivity contribution in [2.24, 2.45) is 0 Å². The number of H-pyrrole nitrogens is 1. The number of rotatable bonds is 6. The SMILES string of the molecule is CCOc1ccc(S(=O)(=O)N2CCCN(S(=O)(=O)c3c(C)n[nH]c3C)CC2)cc1. The van der Waals surface area contributed by atoms with Crippen LogP contribution < -0.4 is 4.74 Å². The molecule has 0 aliphatic carbocycles. The van der Waals surface area contributed by atoms with Gasteiger partial charge in [-0.15, -0.1) is 0 Å². The van der Waals surface area contributed by atoms with E-state index in [9.17, 15) is 16.8 Å². The molecule has 0 atom stereocenters. The minimum Gasteiger partial charge on any atom is -0.494 e. The third-order valence-electron chi connectivity index (χ3n) is 4.84. The molecule has 0 unspecified atom stereocenters. The van der Waals surface area contributed by atoms with Gasteiger partial charge in [-0.2, -0.15) is 13.7 Å². The van der Waals surface area contributed by atoms with Crippen LogP contribution in [0.5, 0.6) is 5.75 Å². The lowest BCUT2D eigenvalue weighted by Gasteiger charge is -2.22. The van der Waals surface area contributed by atoms with E-state index in [0.29, 0.717) is 30.2 Å². The van der Waals surface area contributed by atoms with Gasteiger partial charge in [-0.3, -0.25) is 5.10 Å². The number of hydrogen-bond donors (Lipinski definition) is 1. The Morgan fingerprint density at radius 2 is 1.55 bits per heavy atom. The highest BCUT2D eigenvalue weighted by Crippen LogP contribution is 2.25. The molecule has 1 aliphatic heterocycles. The van der Waals surface area contributed by atoms with E-state index in [-0.39, 0.29) is 36.0 Å². The Balaban J connectivity index is 1.78. The van der Waals surface area contributed by atoms with Gasteiger partial charge in [-0.05, 0) is 51.5 Å². The first kappa shape index (κ1) is 21.8. The maximum atomic E-state index is 13.1. The van der Waals surface area contributed by atoms with Crippen LogP contribution in [0.4, 0.5) is 0 Å². The average molecular weight is 443 g/mol. The van der Waals surface area contributed by atoms with Crippen molar-refractivity contribution < 1.29 is 21.6 Å². The fourth-order valence-electron chi connectivity index (χ4n) is 3.42. The molecule has 1 saturated heterocycles. The molecule has 11 heteroatoms. The van der Waals surface area contributed by atoms with Gasteiger partial charge in [0, 0.05) is 26.2 Å². The molecule has 0 amide bonds. The summed E-state index contributed by atoms with van der Waals surface area (Å²) in [6, 6.07) is 6.26. The Kier molecular flexibility index (Phi) is 6.32. The number of aromatic amines is 1. The number of nitrogens with zero attached hydrogens (tertiary/aromatic N) is 3. The van der Waals surface area contributed by atoms with Crippen LogP contribution in [0.1, 0.15) is 24.7 Å². The molecule has 0 saturated carbocycles. The molecular formula is C18H26N4O5S2. The van der Waals surface area contributed by atoms with Crippen LogP contribution in [0.15, 0.2) is 34.1 Å². The summed E-state index contributed by atoms with van der Waals surface area (Å²) in [5.74, 6) is 0.602. The number of benzene rings is 1. The molecule has 1 aromatic carbocycles. The third kappa shape index (κ3) is 4.32. The number of aryl methyl sites for hydroxylation is 2. The summed E-state index contributed by atoms with van der Waals surface area (Å²) >= 11 is 0. The lowest BCUT2D eigenvalue weighted by Crippen LogP contribution is -2.37. The minimum absolute atomic E-state index is 0.0860. The highest BCUT2D eigenvalue weighted by molar-refractivity contribution is 7.89. The molecule has 3 rings (SSSR count). The van der Waals surface area contributed by atoms with E-state index in [0.717, 1.165) is 0 Å². The fraction of sp³-hybridized carbons (Fsp3) is 0.500. The van der Waals surface area contributed by atoms with Crippen molar-refractivity contribution in [1.82, 2.24) is 18.8 Å². The topological polar surface area (TPSA) is 113 Å². The van der Waals surface area contributed by atoms with Crippen molar-refractivity contribution in [3.8, 4) is 5.75 Å². The molecule has 2 heterocycles. The Morgan fingerprint density at radius 3 is 2.07 bits per heavy atom. The number of hydrogen-bond acceptors (Lipinski definition) is 6.